The van der Waals surface area contributed by atoms with Crippen LogP contribution in [0.1, 0.15) is 42.0 Å². The molecule has 0 aliphatic rings. The molecule has 1 aromatic rings. The Labute approximate surface area is 121 Å². The molecule has 0 bridgehead atoms. The van der Waals surface area contributed by atoms with Crippen molar-refractivity contribution in [3.63, 3.8) is 0 Å². The zero-order valence-electron chi connectivity index (χ0n) is 12.2. The minimum Gasteiger partial charge on any atom is -0.361 e. The maximum Gasteiger partial charge on any atom is 0.186 e. The van der Waals surface area contributed by atoms with E-state index in [0.29, 0.717) is 5.11 Å². The van der Waals surface area contributed by atoms with Gasteiger partial charge in [-0.1, -0.05) is 31.0 Å². The number of benzene rings is 1. The molecule has 1 aromatic carbocycles. The Bertz CT molecular complexity index is 443. The molecule has 0 saturated heterocycles. The first kappa shape index (κ1) is 15.6. The van der Waals surface area contributed by atoms with Crippen molar-refractivity contribution < 1.29 is 0 Å². The highest BCUT2D eigenvalue weighted by Gasteiger charge is 2.00. The molecular formula is C15H23N3S. The maximum atomic E-state index is 5.13. The van der Waals surface area contributed by atoms with Crippen molar-refractivity contribution in [1.82, 2.24) is 10.7 Å². The summed E-state index contributed by atoms with van der Waals surface area (Å²) in [6, 6.07) is 4.32. The van der Waals surface area contributed by atoms with E-state index in [-0.39, 0.29) is 0 Å². The van der Waals surface area contributed by atoms with Gasteiger partial charge in [-0.3, -0.25) is 5.43 Å². The van der Waals surface area contributed by atoms with Crippen LogP contribution in [-0.4, -0.2) is 17.9 Å². The van der Waals surface area contributed by atoms with E-state index in [1.807, 2.05) is 6.21 Å². The van der Waals surface area contributed by atoms with E-state index < -0.39 is 0 Å². The molecule has 19 heavy (non-hydrogen) atoms. The lowest BCUT2D eigenvalue weighted by Gasteiger charge is -2.08. The van der Waals surface area contributed by atoms with Gasteiger partial charge in [0.2, 0.25) is 0 Å². The van der Waals surface area contributed by atoms with Gasteiger partial charge in [-0.05, 0) is 50.5 Å². The van der Waals surface area contributed by atoms with Gasteiger partial charge in [0, 0.05) is 12.1 Å². The Morgan fingerprint density at radius 1 is 1.26 bits per heavy atom. The zero-order chi connectivity index (χ0) is 14.3. The quantitative estimate of drug-likeness (QED) is 0.375. The van der Waals surface area contributed by atoms with Crippen LogP contribution in [0.2, 0.25) is 0 Å². The van der Waals surface area contributed by atoms with Crippen molar-refractivity contribution >= 4 is 23.5 Å². The van der Waals surface area contributed by atoms with E-state index >= 15 is 0 Å². The number of nitrogens with zero attached hydrogens (tertiary/aromatic N) is 1. The van der Waals surface area contributed by atoms with Gasteiger partial charge in [0.25, 0.3) is 0 Å². The van der Waals surface area contributed by atoms with E-state index in [0.717, 1.165) is 24.9 Å². The average Bonchev–Trinajstić information content (AvgIpc) is 2.32. The number of hydrazone groups is 1. The lowest BCUT2D eigenvalue weighted by molar-refractivity contribution is 0.745. The summed E-state index contributed by atoms with van der Waals surface area (Å²) in [5, 5.41) is 7.88. The fourth-order valence-corrected chi connectivity index (χ4v) is 2.12. The van der Waals surface area contributed by atoms with Gasteiger partial charge in [0.1, 0.15) is 0 Å². The van der Waals surface area contributed by atoms with E-state index in [9.17, 15) is 0 Å². The summed E-state index contributed by atoms with van der Waals surface area (Å²) in [7, 11) is 0. The summed E-state index contributed by atoms with van der Waals surface area (Å²) in [5.41, 5.74) is 7.73. The molecule has 2 N–H and O–H groups in total. The molecular weight excluding hydrogens is 254 g/mol. The number of rotatable bonds is 5. The third-order valence-electron chi connectivity index (χ3n) is 2.91. The lowest BCUT2D eigenvalue weighted by atomic mass is 10.0. The third-order valence-corrected chi connectivity index (χ3v) is 3.15. The van der Waals surface area contributed by atoms with Crippen molar-refractivity contribution in [2.75, 3.05) is 6.54 Å². The largest absolute Gasteiger partial charge is 0.361 e. The van der Waals surface area contributed by atoms with Gasteiger partial charge < -0.3 is 5.32 Å². The fraction of sp³-hybridized carbons (Fsp3) is 0.467. The Balaban J connectivity index is 2.55. The molecule has 0 radical (unpaired) electrons. The number of unbranched alkanes of at least 4 members (excludes halogenated alkanes) is 1. The number of nitrogens with one attached hydrogen (secondary N) is 2. The molecule has 0 spiro atoms. The number of hydrogen-bond donors (Lipinski definition) is 2. The van der Waals surface area contributed by atoms with Crippen molar-refractivity contribution in [2.45, 2.75) is 40.5 Å². The van der Waals surface area contributed by atoms with Gasteiger partial charge in [0.05, 0.1) is 6.21 Å². The number of aryl methyl sites for hydroxylation is 3. The van der Waals surface area contributed by atoms with Gasteiger partial charge in [-0.2, -0.15) is 5.10 Å². The van der Waals surface area contributed by atoms with Gasteiger partial charge >= 0.3 is 0 Å². The standard InChI is InChI=1S/C15H23N3S/c1-5-6-7-16-15(19)18-17-10-14-12(3)8-11(2)9-13(14)4/h8-10H,5-7H2,1-4H3,(H2,16,18,19)/b17-10-. The molecule has 0 fully saturated rings. The zero-order valence-corrected chi connectivity index (χ0v) is 13.0. The predicted molar refractivity (Wildman–Crippen MR) is 86.9 cm³/mol. The molecule has 0 aliphatic heterocycles. The van der Waals surface area contributed by atoms with Crippen molar-refractivity contribution in [3.05, 3.63) is 34.4 Å². The first-order valence-corrected chi connectivity index (χ1v) is 7.10. The van der Waals surface area contributed by atoms with Crippen LogP contribution in [0, 0.1) is 20.8 Å². The van der Waals surface area contributed by atoms with Crippen LogP contribution in [-0.2, 0) is 0 Å². The third kappa shape index (κ3) is 5.39. The van der Waals surface area contributed by atoms with E-state index in [1.165, 1.54) is 16.7 Å². The molecule has 0 amide bonds. The van der Waals surface area contributed by atoms with Gasteiger partial charge in [-0.25, -0.2) is 0 Å². The second kappa shape index (κ2) is 7.89. The van der Waals surface area contributed by atoms with Crippen molar-refractivity contribution in [1.29, 1.82) is 0 Å². The van der Waals surface area contributed by atoms with E-state index in [2.05, 4.69) is 55.7 Å². The van der Waals surface area contributed by atoms with Gasteiger partial charge in [0.15, 0.2) is 5.11 Å². The van der Waals surface area contributed by atoms with Crippen LogP contribution in [0.3, 0.4) is 0 Å². The Morgan fingerprint density at radius 3 is 2.47 bits per heavy atom. The molecule has 0 aliphatic carbocycles. The van der Waals surface area contributed by atoms with Crippen LogP contribution >= 0.6 is 12.2 Å². The Hall–Kier alpha value is -1.42. The second-order valence-corrected chi connectivity index (χ2v) is 5.20. The molecule has 3 nitrogen and oxygen atoms in total. The first-order valence-electron chi connectivity index (χ1n) is 6.69. The Kier molecular flexibility index (Phi) is 6.50. The maximum absolute atomic E-state index is 5.13. The number of hydrogen-bond acceptors (Lipinski definition) is 2. The smallest absolute Gasteiger partial charge is 0.186 e. The van der Waals surface area contributed by atoms with Crippen LogP contribution < -0.4 is 10.7 Å². The summed E-state index contributed by atoms with van der Waals surface area (Å²) in [6.07, 6.45) is 4.10. The highest BCUT2D eigenvalue weighted by atomic mass is 32.1. The molecule has 0 heterocycles. The molecule has 4 heteroatoms. The van der Waals surface area contributed by atoms with E-state index in [4.69, 9.17) is 12.2 Å². The molecule has 0 saturated carbocycles. The minimum atomic E-state index is 0.576. The lowest BCUT2D eigenvalue weighted by Crippen LogP contribution is -2.32. The summed E-state index contributed by atoms with van der Waals surface area (Å²) in [6.45, 7) is 9.34. The van der Waals surface area contributed by atoms with Crippen LogP contribution in [0.15, 0.2) is 17.2 Å². The van der Waals surface area contributed by atoms with Crippen molar-refractivity contribution in [2.24, 2.45) is 5.10 Å². The summed E-state index contributed by atoms with van der Waals surface area (Å²) in [5.74, 6) is 0. The molecule has 104 valence electrons. The van der Waals surface area contributed by atoms with Crippen LogP contribution in [0.4, 0.5) is 0 Å². The van der Waals surface area contributed by atoms with Crippen LogP contribution in [0.5, 0.6) is 0 Å². The van der Waals surface area contributed by atoms with Gasteiger partial charge in [-0.15, -0.1) is 0 Å². The second-order valence-electron chi connectivity index (χ2n) is 4.79. The first-order chi connectivity index (χ1) is 9.04. The highest BCUT2D eigenvalue weighted by molar-refractivity contribution is 7.80. The monoisotopic (exact) mass is 277 g/mol. The predicted octanol–water partition coefficient (Wildman–Crippen LogP) is 3.21. The molecule has 0 atom stereocenters. The SMILES string of the molecule is CCCCNC(=S)N/N=C\c1c(C)cc(C)cc1C. The summed E-state index contributed by atoms with van der Waals surface area (Å²) in [4.78, 5) is 0. The fourth-order valence-electron chi connectivity index (χ4n) is 1.97. The highest BCUT2D eigenvalue weighted by Crippen LogP contribution is 2.13. The molecule has 1 rings (SSSR count). The Morgan fingerprint density at radius 2 is 1.89 bits per heavy atom. The molecule has 0 unspecified atom stereocenters. The average molecular weight is 277 g/mol. The normalized spacial score (nSPS) is 10.7. The topological polar surface area (TPSA) is 36.4 Å². The minimum absolute atomic E-state index is 0.576. The summed E-state index contributed by atoms with van der Waals surface area (Å²) < 4.78 is 0. The van der Waals surface area contributed by atoms with E-state index in [1.54, 1.807) is 0 Å². The summed E-state index contributed by atoms with van der Waals surface area (Å²) >= 11 is 5.13. The van der Waals surface area contributed by atoms with Crippen molar-refractivity contribution in [3.8, 4) is 0 Å². The van der Waals surface area contributed by atoms with Crippen LogP contribution in [0.25, 0.3) is 0 Å². The molecule has 0 aromatic heterocycles. The number of thiocarbonyl (C=S) groups is 1.